The lowest BCUT2D eigenvalue weighted by molar-refractivity contribution is 0.0853. The summed E-state index contributed by atoms with van der Waals surface area (Å²) in [7, 11) is 0.171. The van der Waals surface area contributed by atoms with E-state index in [1.807, 2.05) is 12.1 Å². The average Bonchev–Trinajstić information content (AvgIpc) is 3.20. The SMILES string of the molecule is CC(CCOBOCCC(C)CNC[C@H](NC(=O)c1cnccn1)C(=O)c1ccccc1)CNC[C@H](NC(=O)c1cnccn1)C(=O)c1ccccc1. The summed E-state index contributed by atoms with van der Waals surface area (Å²) in [6.45, 7) is 6.92. The van der Waals surface area contributed by atoms with Crippen LogP contribution in [0.4, 0.5) is 0 Å². The number of carbonyl (C=O) groups excluding carboxylic acids is 4. The predicted molar refractivity (Wildman–Crippen MR) is 200 cm³/mol. The number of nitrogens with one attached hydrogen (secondary N) is 4. The van der Waals surface area contributed by atoms with Crippen LogP contribution in [0, 0.1) is 11.8 Å². The van der Waals surface area contributed by atoms with Crippen molar-refractivity contribution in [1.29, 1.82) is 0 Å². The fraction of sp³-hybridized carbons (Fsp3) is 0.368. The van der Waals surface area contributed by atoms with Crippen LogP contribution in [0.5, 0.6) is 0 Å². The topological polar surface area (TPSA) is 186 Å². The van der Waals surface area contributed by atoms with Crippen molar-refractivity contribution in [2.75, 3.05) is 39.4 Å². The van der Waals surface area contributed by atoms with Crippen LogP contribution in [0.2, 0.25) is 0 Å². The van der Waals surface area contributed by atoms with Gasteiger partial charge in [-0.05, 0) is 37.8 Å². The summed E-state index contributed by atoms with van der Waals surface area (Å²) in [6.07, 6.45) is 10.1. The molecule has 0 aliphatic heterocycles. The molecule has 0 fully saturated rings. The average molecular weight is 723 g/mol. The Morgan fingerprint density at radius 2 is 1.02 bits per heavy atom. The van der Waals surface area contributed by atoms with Crippen LogP contribution in [0.1, 0.15) is 68.4 Å². The molecular weight excluding hydrogens is 675 g/mol. The van der Waals surface area contributed by atoms with Gasteiger partial charge in [-0.3, -0.25) is 29.1 Å². The molecule has 14 nitrogen and oxygen atoms in total. The highest BCUT2D eigenvalue weighted by molar-refractivity contribution is 6.17. The van der Waals surface area contributed by atoms with Gasteiger partial charge in [-0.15, -0.1) is 0 Å². The van der Waals surface area contributed by atoms with E-state index in [2.05, 4.69) is 55.1 Å². The van der Waals surface area contributed by atoms with Crippen molar-refractivity contribution in [3.8, 4) is 0 Å². The number of Topliss-reactive ketones (excluding diaryl/α,β-unsaturated/α-hetero) is 2. The van der Waals surface area contributed by atoms with Gasteiger partial charge in [0.2, 0.25) is 0 Å². The molecule has 2 heterocycles. The molecule has 0 radical (unpaired) electrons. The van der Waals surface area contributed by atoms with Crippen LogP contribution in [-0.2, 0) is 9.31 Å². The quantitative estimate of drug-likeness (QED) is 0.0471. The van der Waals surface area contributed by atoms with E-state index in [1.165, 1.54) is 37.2 Å². The zero-order valence-corrected chi connectivity index (χ0v) is 30.1. The van der Waals surface area contributed by atoms with Gasteiger partial charge >= 0.3 is 7.69 Å². The van der Waals surface area contributed by atoms with Gasteiger partial charge in [0, 0.05) is 62.2 Å². The monoisotopic (exact) mass is 722 g/mol. The largest absolute Gasteiger partial charge is 0.438 e. The van der Waals surface area contributed by atoms with Crippen LogP contribution in [0.3, 0.4) is 0 Å². The first-order chi connectivity index (χ1) is 25.8. The summed E-state index contributed by atoms with van der Waals surface area (Å²) in [5, 5.41) is 12.2. The van der Waals surface area contributed by atoms with Gasteiger partial charge in [-0.1, -0.05) is 74.5 Å². The smallest absolute Gasteiger partial charge is 0.414 e. The van der Waals surface area contributed by atoms with E-state index in [0.717, 1.165) is 12.8 Å². The maximum Gasteiger partial charge on any atom is 0.438 e. The molecule has 15 heteroatoms. The minimum atomic E-state index is -0.782. The van der Waals surface area contributed by atoms with E-state index >= 15 is 0 Å². The molecule has 0 aliphatic rings. The van der Waals surface area contributed by atoms with Crippen molar-refractivity contribution in [3.63, 3.8) is 0 Å². The van der Waals surface area contributed by atoms with E-state index in [9.17, 15) is 19.2 Å². The lowest BCUT2D eigenvalue weighted by Gasteiger charge is -2.20. The van der Waals surface area contributed by atoms with Crippen molar-refractivity contribution in [2.45, 2.75) is 38.8 Å². The summed E-state index contributed by atoms with van der Waals surface area (Å²) in [5.74, 6) is -0.839. The lowest BCUT2D eigenvalue weighted by Crippen LogP contribution is -2.48. The molecule has 0 bridgehead atoms. The number of carbonyl (C=O) groups is 4. The normalized spacial score (nSPS) is 13.2. The summed E-state index contributed by atoms with van der Waals surface area (Å²) in [5.41, 5.74) is 1.30. The number of nitrogens with zero attached hydrogens (tertiary/aromatic N) is 4. The van der Waals surface area contributed by atoms with Crippen molar-refractivity contribution >= 4 is 31.1 Å². The molecular formula is C38H47BN8O6. The van der Waals surface area contributed by atoms with Gasteiger partial charge in [0.15, 0.2) is 11.6 Å². The number of rotatable bonds is 24. The van der Waals surface area contributed by atoms with E-state index < -0.39 is 23.9 Å². The molecule has 2 unspecified atom stereocenters. The summed E-state index contributed by atoms with van der Waals surface area (Å²) < 4.78 is 11.4. The number of hydrogen-bond donors (Lipinski definition) is 4. The molecule has 4 rings (SSSR count). The second-order valence-corrected chi connectivity index (χ2v) is 12.7. The number of hydrogen-bond acceptors (Lipinski definition) is 12. The van der Waals surface area contributed by atoms with E-state index in [4.69, 9.17) is 9.31 Å². The summed E-state index contributed by atoms with van der Waals surface area (Å²) in [6, 6.07) is 16.1. The fourth-order valence-electron chi connectivity index (χ4n) is 5.22. The number of aromatic nitrogens is 4. The van der Waals surface area contributed by atoms with Crippen molar-refractivity contribution < 1.29 is 28.5 Å². The van der Waals surface area contributed by atoms with Gasteiger partial charge in [-0.2, -0.15) is 0 Å². The molecule has 0 spiro atoms. The maximum atomic E-state index is 13.2. The number of benzene rings is 2. The fourth-order valence-corrected chi connectivity index (χ4v) is 5.22. The third-order valence-corrected chi connectivity index (χ3v) is 8.31. The minimum Gasteiger partial charge on any atom is -0.414 e. The standard InChI is InChI=1S/C38H47BN8O6/c1-27(21-42-23-31(35(48)29-9-5-3-6-10-29)46-37(50)33-25-40-15-17-44-33)13-19-52-39-53-20-14-28(2)22-43-24-32(36(49)30-11-7-4-8-12-30)47-38(51)34-26-41-16-18-45-34/h3-12,15-18,25-28,31-32,39,42-43H,13-14,19-24H2,1-2H3,(H,46,50)(H,47,51)/t27?,28?,31-,32-/m0/s1. The molecule has 4 aromatic rings. The Morgan fingerprint density at radius 1 is 0.604 bits per heavy atom. The molecule has 2 aromatic heterocycles. The summed E-state index contributed by atoms with van der Waals surface area (Å²) in [4.78, 5) is 67.8. The third-order valence-electron chi connectivity index (χ3n) is 8.31. The highest BCUT2D eigenvalue weighted by Crippen LogP contribution is 2.08. The molecule has 0 aliphatic carbocycles. The van der Waals surface area contributed by atoms with Gasteiger partial charge in [0.25, 0.3) is 11.8 Å². The second-order valence-electron chi connectivity index (χ2n) is 12.7. The van der Waals surface area contributed by atoms with Crippen LogP contribution in [0.15, 0.2) is 97.8 Å². The van der Waals surface area contributed by atoms with Crippen molar-refractivity contribution in [1.82, 2.24) is 41.2 Å². The second kappa shape index (κ2) is 22.7. The van der Waals surface area contributed by atoms with Crippen LogP contribution in [0.25, 0.3) is 0 Å². The summed E-state index contributed by atoms with van der Waals surface area (Å²) >= 11 is 0. The number of amides is 2. The number of ketones is 2. The van der Waals surface area contributed by atoms with Gasteiger partial charge in [-0.25, -0.2) is 9.97 Å². The maximum absolute atomic E-state index is 13.2. The molecule has 4 N–H and O–H groups in total. The van der Waals surface area contributed by atoms with Gasteiger partial charge in [0.1, 0.15) is 23.5 Å². The van der Waals surface area contributed by atoms with Crippen LogP contribution in [-0.4, -0.2) is 102 Å². The van der Waals surface area contributed by atoms with E-state index in [0.29, 0.717) is 37.4 Å². The highest BCUT2D eigenvalue weighted by atomic mass is 16.6. The Labute approximate surface area is 310 Å². The van der Waals surface area contributed by atoms with E-state index in [-0.39, 0.29) is 55.6 Å². The van der Waals surface area contributed by atoms with Crippen LogP contribution >= 0.6 is 0 Å². The van der Waals surface area contributed by atoms with Crippen molar-refractivity contribution in [2.24, 2.45) is 11.8 Å². The molecule has 0 saturated carbocycles. The van der Waals surface area contributed by atoms with Crippen molar-refractivity contribution in [3.05, 3.63) is 120 Å². The Balaban J connectivity index is 1.10. The Bertz CT molecular complexity index is 1570. The first-order valence-electron chi connectivity index (χ1n) is 17.7. The molecule has 278 valence electrons. The minimum absolute atomic E-state index is 0.139. The highest BCUT2D eigenvalue weighted by Gasteiger charge is 2.24. The Hall–Kier alpha value is -5.22. The third kappa shape index (κ3) is 14.4. The first kappa shape index (κ1) is 40.6. The lowest BCUT2D eigenvalue weighted by atomic mass is 10.0. The zero-order valence-electron chi connectivity index (χ0n) is 30.1. The Morgan fingerprint density at radius 3 is 1.40 bits per heavy atom. The Kier molecular flexibility index (Phi) is 17.3. The predicted octanol–water partition coefficient (Wildman–Crippen LogP) is 2.46. The molecule has 53 heavy (non-hydrogen) atoms. The first-order valence-corrected chi connectivity index (χ1v) is 17.7. The zero-order chi connectivity index (χ0) is 37.7. The van der Waals surface area contributed by atoms with Gasteiger partial charge in [0.05, 0.1) is 12.4 Å². The molecule has 2 aromatic carbocycles. The van der Waals surface area contributed by atoms with Gasteiger partial charge < -0.3 is 30.6 Å². The van der Waals surface area contributed by atoms with Crippen LogP contribution < -0.4 is 21.3 Å². The van der Waals surface area contributed by atoms with E-state index in [1.54, 1.807) is 48.5 Å². The molecule has 2 amide bonds. The molecule has 0 saturated heterocycles. The molecule has 4 atom stereocenters.